The minimum atomic E-state index is -0.890. The first-order valence-electron chi connectivity index (χ1n) is 6.30. The molecule has 7 heteroatoms. The Morgan fingerprint density at radius 1 is 1.33 bits per heavy atom. The Balaban J connectivity index is 2.86. The van der Waals surface area contributed by atoms with Crippen molar-refractivity contribution in [3.63, 3.8) is 0 Å². The van der Waals surface area contributed by atoms with E-state index in [0.717, 1.165) is 0 Å². The minimum absolute atomic E-state index is 0.000774. The average molecular weight is 360 g/mol. The fourth-order valence-electron chi connectivity index (χ4n) is 1.79. The van der Waals surface area contributed by atoms with Crippen LogP contribution in [0.1, 0.15) is 23.7 Å². The van der Waals surface area contributed by atoms with Crippen LogP contribution in [0.15, 0.2) is 16.6 Å². The standard InChI is InChI=1S/C14H18BrNO5/c1-8(4-12(17)18)7-16-14(19)10-5-9(20-2)6-11(15)13(10)21-3/h5-6,8H,4,7H2,1-3H3,(H,16,19)(H,17,18). The Kier molecular flexibility index (Phi) is 6.48. The number of carboxylic acid groups (broad SMARTS) is 1. The molecule has 0 spiro atoms. The van der Waals surface area contributed by atoms with Crippen molar-refractivity contribution in [3.05, 3.63) is 22.2 Å². The normalized spacial score (nSPS) is 11.6. The van der Waals surface area contributed by atoms with Gasteiger partial charge in [0.2, 0.25) is 0 Å². The van der Waals surface area contributed by atoms with Crippen LogP contribution < -0.4 is 14.8 Å². The molecule has 21 heavy (non-hydrogen) atoms. The van der Waals surface area contributed by atoms with E-state index >= 15 is 0 Å². The first kappa shape index (κ1) is 17.3. The second-order valence-electron chi connectivity index (χ2n) is 4.60. The van der Waals surface area contributed by atoms with Gasteiger partial charge in [-0.3, -0.25) is 9.59 Å². The van der Waals surface area contributed by atoms with Gasteiger partial charge in [0.25, 0.3) is 5.91 Å². The van der Waals surface area contributed by atoms with Crippen LogP contribution in [0.3, 0.4) is 0 Å². The van der Waals surface area contributed by atoms with E-state index in [-0.39, 0.29) is 24.8 Å². The topological polar surface area (TPSA) is 84.9 Å². The first-order valence-corrected chi connectivity index (χ1v) is 7.09. The summed E-state index contributed by atoms with van der Waals surface area (Å²) in [5.41, 5.74) is 0.325. The first-order chi connectivity index (χ1) is 9.88. The molecule has 0 aromatic heterocycles. The third kappa shape index (κ3) is 4.93. The van der Waals surface area contributed by atoms with Crippen molar-refractivity contribution in [1.82, 2.24) is 5.32 Å². The molecule has 1 atom stereocenters. The van der Waals surface area contributed by atoms with Gasteiger partial charge in [-0.05, 0) is 34.0 Å². The summed E-state index contributed by atoms with van der Waals surface area (Å²) < 4.78 is 10.9. The molecule has 0 aliphatic heterocycles. The van der Waals surface area contributed by atoms with Crippen LogP contribution in [-0.2, 0) is 4.79 Å². The summed E-state index contributed by atoms with van der Waals surface area (Å²) in [7, 11) is 2.97. The number of carboxylic acids is 1. The summed E-state index contributed by atoms with van der Waals surface area (Å²) in [6.45, 7) is 2.02. The van der Waals surface area contributed by atoms with Gasteiger partial charge in [0, 0.05) is 13.0 Å². The Bertz CT molecular complexity index is 532. The highest BCUT2D eigenvalue weighted by Gasteiger charge is 2.18. The minimum Gasteiger partial charge on any atom is -0.497 e. The van der Waals surface area contributed by atoms with Crippen molar-refractivity contribution in [2.24, 2.45) is 5.92 Å². The third-order valence-electron chi connectivity index (χ3n) is 2.84. The van der Waals surface area contributed by atoms with E-state index in [4.69, 9.17) is 14.6 Å². The Labute approximate surface area is 131 Å². The molecule has 0 aliphatic carbocycles. The number of halogens is 1. The number of amides is 1. The smallest absolute Gasteiger partial charge is 0.303 e. The van der Waals surface area contributed by atoms with E-state index in [1.165, 1.54) is 14.2 Å². The van der Waals surface area contributed by atoms with Crippen LogP contribution >= 0.6 is 15.9 Å². The molecule has 6 nitrogen and oxygen atoms in total. The molecule has 0 saturated heterocycles. The van der Waals surface area contributed by atoms with Crippen LogP contribution in [0.4, 0.5) is 0 Å². The lowest BCUT2D eigenvalue weighted by Crippen LogP contribution is -2.29. The number of ether oxygens (including phenoxy) is 2. The van der Waals surface area contributed by atoms with Crippen molar-refractivity contribution in [2.45, 2.75) is 13.3 Å². The largest absolute Gasteiger partial charge is 0.497 e. The molecule has 0 radical (unpaired) electrons. The molecular weight excluding hydrogens is 342 g/mol. The van der Waals surface area contributed by atoms with E-state index in [1.807, 2.05) is 0 Å². The highest BCUT2D eigenvalue weighted by molar-refractivity contribution is 9.10. The Morgan fingerprint density at radius 3 is 2.52 bits per heavy atom. The quantitative estimate of drug-likeness (QED) is 0.780. The summed E-state index contributed by atoms with van der Waals surface area (Å²) in [6.07, 6.45) is -0.000774. The lowest BCUT2D eigenvalue weighted by molar-refractivity contribution is -0.137. The zero-order valence-corrected chi connectivity index (χ0v) is 13.7. The molecule has 1 aromatic carbocycles. The number of hydrogen-bond donors (Lipinski definition) is 2. The highest BCUT2D eigenvalue weighted by Crippen LogP contribution is 2.33. The number of benzene rings is 1. The molecule has 2 N–H and O–H groups in total. The number of aliphatic carboxylic acids is 1. The number of carbonyl (C=O) groups excluding carboxylic acids is 1. The van der Waals surface area contributed by atoms with Crippen LogP contribution in [-0.4, -0.2) is 37.7 Å². The maximum absolute atomic E-state index is 12.2. The molecular formula is C14H18BrNO5. The van der Waals surface area contributed by atoms with E-state index < -0.39 is 5.97 Å². The van der Waals surface area contributed by atoms with Gasteiger partial charge < -0.3 is 19.9 Å². The summed E-state index contributed by atoms with van der Waals surface area (Å²) in [5, 5.41) is 11.4. The SMILES string of the molecule is COc1cc(Br)c(OC)c(C(=O)NCC(C)CC(=O)O)c1. The predicted molar refractivity (Wildman–Crippen MR) is 81.0 cm³/mol. The summed E-state index contributed by atoms with van der Waals surface area (Å²) >= 11 is 3.32. The van der Waals surface area contributed by atoms with Crippen LogP contribution in [0, 0.1) is 5.92 Å². The number of carbonyl (C=O) groups is 2. The van der Waals surface area contributed by atoms with Crippen molar-refractivity contribution in [3.8, 4) is 11.5 Å². The fourth-order valence-corrected chi connectivity index (χ4v) is 2.40. The Morgan fingerprint density at radius 2 is 2.00 bits per heavy atom. The zero-order chi connectivity index (χ0) is 16.0. The monoisotopic (exact) mass is 359 g/mol. The van der Waals surface area contributed by atoms with E-state index in [1.54, 1.807) is 19.1 Å². The van der Waals surface area contributed by atoms with E-state index in [2.05, 4.69) is 21.2 Å². The van der Waals surface area contributed by atoms with Crippen LogP contribution in [0.2, 0.25) is 0 Å². The molecule has 1 rings (SSSR count). The fraction of sp³-hybridized carbons (Fsp3) is 0.429. The lowest BCUT2D eigenvalue weighted by Gasteiger charge is -2.14. The van der Waals surface area contributed by atoms with Crippen LogP contribution in [0.5, 0.6) is 11.5 Å². The number of hydrogen-bond acceptors (Lipinski definition) is 4. The molecule has 0 saturated carbocycles. The third-order valence-corrected chi connectivity index (χ3v) is 3.42. The van der Waals surface area contributed by atoms with Gasteiger partial charge in [0.1, 0.15) is 11.5 Å². The van der Waals surface area contributed by atoms with Gasteiger partial charge >= 0.3 is 5.97 Å². The van der Waals surface area contributed by atoms with Gasteiger partial charge in [-0.1, -0.05) is 6.92 Å². The van der Waals surface area contributed by atoms with Crippen LogP contribution in [0.25, 0.3) is 0 Å². The molecule has 1 unspecified atom stereocenters. The van der Waals surface area contributed by atoms with Crippen molar-refractivity contribution >= 4 is 27.8 Å². The van der Waals surface area contributed by atoms with Crippen molar-refractivity contribution in [1.29, 1.82) is 0 Å². The summed E-state index contributed by atoms with van der Waals surface area (Å²) in [5.74, 6) is -0.473. The maximum Gasteiger partial charge on any atom is 0.303 e. The molecule has 0 aliphatic rings. The number of rotatable bonds is 7. The van der Waals surface area contributed by atoms with Gasteiger partial charge in [-0.15, -0.1) is 0 Å². The average Bonchev–Trinajstić information content (AvgIpc) is 2.43. The Hall–Kier alpha value is -1.76. The maximum atomic E-state index is 12.2. The molecule has 0 heterocycles. The molecule has 0 bridgehead atoms. The number of nitrogens with one attached hydrogen (secondary N) is 1. The molecule has 1 amide bonds. The zero-order valence-electron chi connectivity index (χ0n) is 12.1. The second-order valence-corrected chi connectivity index (χ2v) is 5.46. The summed E-state index contributed by atoms with van der Waals surface area (Å²) in [6, 6.07) is 3.27. The van der Waals surface area contributed by atoms with E-state index in [0.29, 0.717) is 21.5 Å². The summed E-state index contributed by atoms with van der Waals surface area (Å²) in [4.78, 5) is 22.8. The molecule has 116 valence electrons. The van der Waals surface area contributed by atoms with Gasteiger partial charge in [0.05, 0.1) is 24.3 Å². The number of methoxy groups -OCH3 is 2. The van der Waals surface area contributed by atoms with Crippen molar-refractivity contribution < 1.29 is 24.2 Å². The lowest BCUT2D eigenvalue weighted by atomic mass is 10.1. The van der Waals surface area contributed by atoms with Gasteiger partial charge in [-0.2, -0.15) is 0 Å². The van der Waals surface area contributed by atoms with Gasteiger partial charge in [-0.25, -0.2) is 0 Å². The van der Waals surface area contributed by atoms with E-state index in [9.17, 15) is 9.59 Å². The van der Waals surface area contributed by atoms with Gasteiger partial charge in [0.15, 0.2) is 0 Å². The molecule has 0 fully saturated rings. The van der Waals surface area contributed by atoms with Crippen molar-refractivity contribution in [2.75, 3.05) is 20.8 Å². The highest BCUT2D eigenvalue weighted by atomic mass is 79.9. The molecule has 1 aromatic rings. The second kappa shape index (κ2) is 7.87. The predicted octanol–water partition coefficient (Wildman–Crippen LogP) is 2.31.